The molecule has 2 aromatic rings. The van der Waals surface area contributed by atoms with Crippen molar-refractivity contribution in [2.24, 2.45) is 0 Å². The van der Waals surface area contributed by atoms with Crippen LogP contribution in [0.5, 0.6) is 0 Å². The maximum Gasteiger partial charge on any atom is 0.292 e. The molecule has 0 atom stereocenters. The van der Waals surface area contributed by atoms with E-state index in [0.717, 1.165) is 18.4 Å². The third-order valence-corrected chi connectivity index (χ3v) is 3.94. The summed E-state index contributed by atoms with van der Waals surface area (Å²) in [6, 6.07) is 13.4. The molecule has 21 heavy (non-hydrogen) atoms. The Morgan fingerprint density at radius 2 is 1.76 bits per heavy atom. The molecule has 0 saturated heterocycles. The van der Waals surface area contributed by atoms with Gasteiger partial charge in [-0.3, -0.25) is 10.1 Å². The van der Waals surface area contributed by atoms with E-state index >= 15 is 0 Å². The zero-order chi connectivity index (χ0) is 14.8. The Hall–Kier alpha value is -2.43. The van der Waals surface area contributed by atoms with E-state index in [9.17, 15) is 14.5 Å². The average molecular weight is 286 g/mol. The molecule has 5 heteroatoms. The van der Waals surface area contributed by atoms with Gasteiger partial charge in [-0.25, -0.2) is 4.39 Å². The fraction of sp³-hybridized carbons (Fsp3) is 0.250. The van der Waals surface area contributed by atoms with Crippen molar-refractivity contribution in [3.05, 3.63) is 70.0 Å². The van der Waals surface area contributed by atoms with Crippen LogP contribution < -0.4 is 5.32 Å². The van der Waals surface area contributed by atoms with Gasteiger partial charge in [-0.15, -0.1) is 0 Å². The van der Waals surface area contributed by atoms with Crippen LogP contribution in [0.2, 0.25) is 0 Å². The zero-order valence-electron chi connectivity index (χ0n) is 11.3. The maximum absolute atomic E-state index is 12.9. The Balaban J connectivity index is 1.62. The van der Waals surface area contributed by atoms with Gasteiger partial charge in [-0.1, -0.05) is 24.3 Å². The number of nitrogens with one attached hydrogen (secondary N) is 1. The van der Waals surface area contributed by atoms with Crippen LogP contribution in [0.3, 0.4) is 0 Å². The number of benzene rings is 2. The van der Waals surface area contributed by atoms with Crippen LogP contribution in [0.25, 0.3) is 0 Å². The molecule has 108 valence electrons. The summed E-state index contributed by atoms with van der Waals surface area (Å²) >= 11 is 0. The minimum Gasteiger partial charge on any atom is -0.377 e. The van der Waals surface area contributed by atoms with Crippen molar-refractivity contribution in [2.45, 2.75) is 24.8 Å². The van der Waals surface area contributed by atoms with Gasteiger partial charge in [-0.05, 0) is 42.5 Å². The molecule has 0 bridgehead atoms. The quantitative estimate of drug-likeness (QED) is 0.680. The van der Waals surface area contributed by atoms with E-state index in [1.165, 1.54) is 18.2 Å². The summed E-state index contributed by atoms with van der Waals surface area (Å²) in [4.78, 5) is 10.6. The summed E-state index contributed by atoms with van der Waals surface area (Å²) < 4.78 is 12.9. The van der Waals surface area contributed by atoms with E-state index in [1.807, 2.05) is 0 Å². The molecule has 3 rings (SSSR count). The predicted molar refractivity (Wildman–Crippen MR) is 78.9 cm³/mol. The molecule has 0 radical (unpaired) electrons. The van der Waals surface area contributed by atoms with Crippen LogP contribution >= 0.6 is 0 Å². The van der Waals surface area contributed by atoms with Crippen molar-refractivity contribution in [1.29, 1.82) is 0 Å². The van der Waals surface area contributed by atoms with Crippen molar-refractivity contribution < 1.29 is 9.31 Å². The van der Waals surface area contributed by atoms with Gasteiger partial charge in [0, 0.05) is 12.1 Å². The summed E-state index contributed by atoms with van der Waals surface area (Å²) in [5.41, 5.74) is 1.78. The highest BCUT2D eigenvalue weighted by molar-refractivity contribution is 5.61. The Labute approximate surface area is 121 Å². The molecule has 1 saturated carbocycles. The van der Waals surface area contributed by atoms with Crippen LogP contribution in [0, 0.1) is 15.9 Å². The molecule has 1 aliphatic rings. The Kier molecular flexibility index (Phi) is 3.56. The average Bonchev–Trinajstić information content (AvgIpc) is 2.44. The van der Waals surface area contributed by atoms with E-state index in [-0.39, 0.29) is 22.5 Å². The van der Waals surface area contributed by atoms with Gasteiger partial charge in [-0.2, -0.15) is 0 Å². The lowest BCUT2D eigenvalue weighted by molar-refractivity contribution is -0.384. The molecule has 0 spiro atoms. The third-order valence-electron chi connectivity index (χ3n) is 3.94. The second-order valence-corrected chi connectivity index (χ2v) is 5.34. The largest absolute Gasteiger partial charge is 0.377 e. The number of nitro groups is 1. The number of nitro benzene ring substituents is 1. The van der Waals surface area contributed by atoms with Gasteiger partial charge >= 0.3 is 0 Å². The number of anilines is 1. The standard InChI is InChI=1S/C16H15FN2O2/c17-13-7-5-11(6-8-13)12-9-14(10-12)18-15-3-1-2-4-16(15)19(20)21/h1-8,12,14,18H,9-10H2. The highest BCUT2D eigenvalue weighted by atomic mass is 19.1. The predicted octanol–water partition coefficient (Wildman–Crippen LogP) is 4.09. The van der Waals surface area contributed by atoms with E-state index in [2.05, 4.69) is 5.32 Å². The smallest absolute Gasteiger partial charge is 0.292 e. The van der Waals surface area contributed by atoms with Crippen LogP contribution in [0.15, 0.2) is 48.5 Å². The van der Waals surface area contributed by atoms with Gasteiger partial charge in [0.1, 0.15) is 11.5 Å². The molecule has 0 heterocycles. The van der Waals surface area contributed by atoms with E-state index < -0.39 is 0 Å². The summed E-state index contributed by atoms with van der Waals surface area (Å²) in [6.45, 7) is 0. The van der Waals surface area contributed by atoms with Crippen molar-refractivity contribution in [1.82, 2.24) is 0 Å². The number of rotatable bonds is 4. The first-order valence-corrected chi connectivity index (χ1v) is 6.89. The number of hydrogen-bond acceptors (Lipinski definition) is 3. The number of nitrogens with zero attached hydrogens (tertiary/aromatic N) is 1. The van der Waals surface area contributed by atoms with Crippen molar-refractivity contribution >= 4 is 11.4 Å². The van der Waals surface area contributed by atoms with Gasteiger partial charge in [0.15, 0.2) is 0 Å². The lowest BCUT2D eigenvalue weighted by Gasteiger charge is -2.36. The molecule has 0 aliphatic heterocycles. The molecular formula is C16H15FN2O2. The lowest BCUT2D eigenvalue weighted by Crippen LogP contribution is -2.34. The number of para-hydroxylation sites is 2. The molecule has 4 nitrogen and oxygen atoms in total. The van der Waals surface area contributed by atoms with Crippen molar-refractivity contribution in [2.75, 3.05) is 5.32 Å². The summed E-state index contributed by atoms with van der Waals surface area (Å²) in [7, 11) is 0. The molecule has 0 amide bonds. The SMILES string of the molecule is O=[N+]([O-])c1ccccc1NC1CC(c2ccc(F)cc2)C1. The fourth-order valence-electron chi connectivity index (χ4n) is 2.72. The molecule has 0 unspecified atom stereocenters. The van der Waals surface area contributed by atoms with Crippen LogP contribution in [-0.2, 0) is 0 Å². The van der Waals surface area contributed by atoms with Gasteiger partial charge in [0.05, 0.1) is 4.92 Å². The highest BCUT2D eigenvalue weighted by Gasteiger charge is 2.31. The molecule has 1 fully saturated rings. The first-order chi connectivity index (χ1) is 10.1. The van der Waals surface area contributed by atoms with Crippen molar-refractivity contribution in [3.8, 4) is 0 Å². The third kappa shape index (κ3) is 2.86. The summed E-state index contributed by atoms with van der Waals surface area (Å²) in [5.74, 6) is 0.165. The second kappa shape index (κ2) is 5.52. The van der Waals surface area contributed by atoms with E-state index in [4.69, 9.17) is 0 Å². The summed E-state index contributed by atoms with van der Waals surface area (Å²) in [5, 5.41) is 14.2. The first-order valence-electron chi connectivity index (χ1n) is 6.89. The Bertz CT molecular complexity index is 652. The highest BCUT2D eigenvalue weighted by Crippen LogP contribution is 2.39. The zero-order valence-corrected chi connectivity index (χ0v) is 11.3. The van der Waals surface area contributed by atoms with E-state index in [0.29, 0.717) is 11.6 Å². The van der Waals surface area contributed by atoms with Crippen LogP contribution in [0.4, 0.5) is 15.8 Å². The molecule has 2 aromatic carbocycles. The van der Waals surface area contributed by atoms with Crippen LogP contribution in [-0.4, -0.2) is 11.0 Å². The minimum atomic E-state index is -0.377. The lowest BCUT2D eigenvalue weighted by atomic mass is 9.76. The monoisotopic (exact) mass is 286 g/mol. The van der Waals surface area contributed by atoms with Gasteiger partial charge in [0.2, 0.25) is 0 Å². The maximum atomic E-state index is 12.9. The second-order valence-electron chi connectivity index (χ2n) is 5.34. The van der Waals surface area contributed by atoms with Gasteiger partial charge in [0.25, 0.3) is 5.69 Å². The minimum absolute atomic E-state index is 0.0998. The topological polar surface area (TPSA) is 55.2 Å². The Morgan fingerprint density at radius 1 is 1.10 bits per heavy atom. The Morgan fingerprint density at radius 3 is 2.43 bits per heavy atom. The molecule has 0 aromatic heterocycles. The first kappa shape index (κ1) is 13.5. The number of halogens is 1. The van der Waals surface area contributed by atoms with Gasteiger partial charge < -0.3 is 5.32 Å². The fourth-order valence-corrected chi connectivity index (χ4v) is 2.72. The van der Waals surface area contributed by atoms with Crippen LogP contribution in [0.1, 0.15) is 24.3 Å². The normalized spacial score (nSPS) is 20.6. The molecule has 1 N–H and O–H groups in total. The molecular weight excluding hydrogens is 271 g/mol. The van der Waals surface area contributed by atoms with E-state index in [1.54, 1.807) is 30.3 Å². The summed E-state index contributed by atoms with van der Waals surface area (Å²) in [6.07, 6.45) is 1.80. The van der Waals surface area contributed by atoms with Crippen molar-refractivity contribution in [3.63, 3.8) is 0 Å². The molecule has 1 aliphatic carbocycles. The number of hydrogen-bond donors (Lipinski definition) is 1.